The fraction of sp³-hybridized carbons (Fsp3) is 0.571. The van der Waals surface area contributed by atoms with Crippen LogP contribution in [0.2, 0.25) is 0 Å². The predicted molar refractivity (Wildman–Crippen MR) is 69.1 cm³/mol. The minimum atomic E-state index is -1.47. The van der Waals surface area contributed by atoms with E-state index in [9.17, 15) is 4.39 Å². The Hall–Kier alpha value is -1.09. The van der Waals surface area contributed by atoms with Gasteiger partial charge in [0.2, 0.25) is 0 Å². The smallest absolute Gasteiger partial charge is 0.150 e. The summed E-state index contributed by atoms with van der Waals surface area (Å²) in [5, 5.41) is 0. The van der Waals surface area contributed by atoms with Crippen LogP contribution in [-0.2, 0) is 5.67 Å². The van der Waals surface area contributed by atoms with Gasteiger partial charge in [0.25, 0.3) is 0 Å². The van der Waals surface area contributed by atoms with Gasteiger partial charge in [-0.2, -0.15) is 0 Å². The van der Waals surface area contributed by atoms with Crippen LogP contribution < -0.4 is 10.5 Å². The molecule has 0 fully saturated rings. The zero-order chi connectivity index (χ0) is 13.2. The van der Waals surface area contributed by atoms with Crippen LogP contribution in [0, 0.1) is 19.8 Å². The minimum absolute atomic E-state index is 0.00270. The Labute approximate surface area is 103 Å². The van der Waals surface area contributed by atoms with Crippen LogP contribution in [0.5, 0.6) is 5.75 Å². The summed E-state index contributed by atoms with van der Waals surface area (Å²) in [7, 11) is 1.62. The molecule has 0 aliphatic heterocycles. The third kappa shape index (κ3) is 2.44. The molecule has 0 aliphatic carbocycles. The summed E-state index contributed by atoms with van der Waals surface area (Å²) in [6, 6.07) is 3.72. The SMILES string of the molecule is COc1cc(C)c(C(F)(CN)C(C)C)cc1C. The molecule has 0 spiro atoms. The van der Waals surface area contributed by atoms with Crippen molar-refractivity contribution < 1.29 is 9.13 Å². The number of methoxy groups -OCH3 is 1. The van der Waals surface area contributed by atoms with E-state index in [1.165, 1.54) is 0 Å². The normalized spacial score (nSPS) is 14.8. The lowest BCUT2D eigenvalue weighted by molar-refractivity contribution is 0.108. The Morgan fingerprint density at radius 3 is 2.29 bits per heavy atom. The van der Waals surface area contributed by atoms with Crippen LogP contribution in [0.4, 0.5) is 4.39 Å². The van der Waals surface area contributed by atoms with Gasteiger partial charge >= 0.3 is 0 Å². The predicted octanol–water partition coefficient (Wildman–Crippen LogP) is 3.09. The fourth-order valence-electron chi connectivity index (χ4n) is 2.11. The highest BCUT2D eigenvalue weighted by molar-refractivity contribution is 5.44. The number of hydrogen-bond donors (Lipinski definition) is 1. The molecule has 3 heteroatoms. The molecular formula is C14H22FNO. The van der Waals surface area contributed by atoms with Crippen molar-refractivity contribution in [3.8, 4) is 5.75 Å². The van der Waals surface area contributed by atoms with Crippen molar-refractivity contribution >= 4 is 0 Å². The number of rotatable bonds is 4. The summed E-state index contributed by atoms with van der Waals surface area (Å²) in [4.78, 5) is 0. The average molecular weight is 239 g/mol. The van der Waals surface area contributed by atoms with Crippen LogP contribution in [0.15, 0.2) is 12.1 Å². The third-order valence-electron chi connectivity index (χ3n) is 3.40. The number of benzene rings is 1. The van der Waals surface area contributed by atoms with Gasteiger partial charge in [0.05, 0.1) is 7.11 Å². The molecule has 2 N–H and O–H groups in total. The van der Waals surface area contributed by atoms with Crippen molar-refractivity contribution in [1.29, 1.82) is 0 Å². The van der Waals surface area contributed by atoms with Gasteiger partial charge in [-0.05, 0) is 48.6 Å². The van der Waals surface area contributed by atoms with E-state index in [4.69, 9.17) is 10.5 Å². The van der Waals surface area contributed by atoms with Crippen molar-refractivity contribution in [2.24, 2.45) is 11.7 Å². The second kappa shape index (κ2) is 5.05. The maximum Gasteiger partial charge on any atom is 0.150 e. The van der Waals surface area contributed by atoms with Gasteiger partial charge in [-0.3, -0.25) is 0 Å². The number of aryl methyl sites for hydroxylation is 2. The lowest BCUT2D eigenvalue weighted by atomic mass is 9.82. The summed E-state index contributed by atoms with van der Waals surface area (Å²) in [5.74, 6) is 0.633. The second-order valence-electron chi connectivity index (χ2n) is 4.86. The Balaban J connectivity index is 3.36. The monoisotopic (exact) mass is 239 g/mol. The van der Waals surface area contributed by atoms with Crippen molar-refractivity contribution in [2.45, 2.75) is 33.4 Å². The van der Waals surface area contributed by atoms with Crippen molar-refractivity contribution in [3.63, 3.8) is 0 Å². The summed E-state index contributed by atoms with van der Waals surface area (Å²) in [6.45, 7) is 7.51. The Morgan fingerprint density at radius 2 is 1.88 bits per heavy atom. The zero-order valence-corrected chi connectivity index (χ0v) is 11.3. The molecule has 17 heavy (non-hydrogen) atoms. The highest BCUT2D eigenvalue weighted by Gasteiger charge is 2.35. The molecular weight excluding hydrogens is 217 g/mol. The van der Waals surface area contributed by atoms with Crippen LogP contribution >= 0.6 is 0 Å². The first kappa shape index (κ1) is 14.0. The fourth-order valence-corrected chi connectivity index (χ4v) is 2.11. The van der Waals surface area contributed by atoms with Gasteiger partial charge in [0.15, 0.2) is 5.67 Å². The molecule has 0 bridgehead atoms. The molecule has 96 valence electrons. The molecule has 1 aromatic rings. The van der Waals surface area contributed by atoms with Gasteiger partial charge < -0.3 is 10.5 Å². The first-order chi connectivity index (χ1) is 7.86. The number of ether oxygens (including phenoxy) is 1. The summed E-state index contributed by atoms with van der Waals surface area (Å²) in [5.41, 5.74) is 6.64. The molecule has 0 aliphatic rings. The van der Waals surface area contributed by atoms with Gasteiger partial charge in [-0.15, -0.1) is 0 Å². The van der Waals surface area contributed by atoms with E-state index in [0.717, 1.165) is 16.9 Å². The van der Waals surface area contributed by atoms with E-state index in [2.05, 4.69) is 0 Å². The molecule has 0 saturated carbocycles. The van der Waals surface area contributed by atoms with E-state index < -0.39 is 5.67 Å². The molecule has 0 saturated heterocycles. The van der Waals surface area contributed by atoms with Crippen molar-refractivity contribution in [2.75, 3.05) is 13.7 Å². The third-order valence-corrected chi connectivity index (χ3v) is 3.40. The maximum atomic E-state index is 14.9. The summed E-state index contributed by atoms with van der Waals surface area (Å²) >= 11 is 0. The lowest BCUT2D eigenvalue weighted by Gasteiger charge is -2.30. The second-order valence-corrected chi connectivity index (χ2v) is 4.86. The molecule has 0 amide bonds. The van der Waals surface area contributed by atoms with E-state index in [0.29, 0.717) is 5.56 Å². The molecule has 1 unspecified atom stereocenters. The first-order valence-corrected chi connectivity index (χ1v) is 5.91. The Bertz CT molecular complexity index is 403. The molecule has 1 atom stereocenters. The minimum Gasteiger partial charge on any atom is -0.496 e. The molecule has 0 aromatic heterocycles. The number of halogens is 1. The number of nitrogens with two attached hydrogens (primary N) is 1. The number of alkyl halides is 1. The van der Waals surface area contributed by atoms with E-state index >= 15 is 0 Å². The standard InChI is InChI=1S/C14H22FNO/c1-9(2)14(15,8-16)12-6-11(4)13(17-5)7-10(12)3/h6-7,9H,8,16H2,1-5H3. The highest BCUT2D eigenvalue weighted by atomic mass is 19.1. The molecule has 1 aromatic carbocycles. The van der Waals surface area contributed by atoms with E-state index in [-0.39, 0.29) is 12.5 Å². The summed E-state index contributed by atoms with van der Waals surface area (Å²) in [6.07, 6.45) is 0. The van der Waals surface area contributed by atoms with Crippen LogP contribution in [0.25, 0.3) is 0 Å². The average Bonchev–Trinajstić information content (AvgIpc) is 2.30. The lowest BCUT2D eigenvalue weighted by Crippen LogP contribution is -2.36. The Kier molecular flexibility index (Phi) is 4.15. The first-order valence-electron chi connectivity index (χ1n) is 5.91. The van der Waals surface area contributed by atoms with Gasteiger partial charge in [-0.25, -0.2) is 4.39 Å². The quantitative estimate of drug-likeness (QED) is 0.876. The van der Waals surface area contributed by atoms with Gasteiger partial charge in [-0.1, -0.05) is 13.8 Å². The van der Waals surface area contributed by atoms with Crippen LogP contribution in [0.3, 0.4) is 0 Å². The molecule has 0 radical (unpaired) electrons. The largest absolute Gasteiger partial charge is 0.496 e. The molecule has 2 nitrogen and oxygen atoms in total. The Morgan fingerprint density at radius 1 is 1.29 bits per heavy atom. The van der Waals surface area contributed by atoms with Gasteiger partial charge in [0, 0.05) is 6.54 Å². The molecule has 0 heterocycles. The summed E-state index contributed by atoms with van der Waals surface area (Å²) < 4.78 is 20.1. The van der Waals surface area contributed by atoms with Crippen molar-refractivity contribution in [3.05, 3.63) is 28.8 Å². The van der Waals surface area contributed by atoms with Crippen LogP contribution in [0.1, 0.15) is 30.5 Å². The van der Waals surface area contributed by atoms with E-state index in [1.54, 1.807) is 7.11 Å². The maximum absolute atomic E-state index is 14.9. The van der Waals surface area contributed by atoms with Crippen molar-refractivity contribution in [1.82, 2.24) is 0 Å². The zero-order valence-electron chi connectivity index (χ0n) is 11.3. The van der Waals surface area contributed by atoms with Crippen LogP contribution in [-0.4, -0.2) is 13.7 Å². The highest BCUT2D eigenvalue weighted by Crippen LogP contribution is 2.37. The molecule has 1 rings (SSSR count). The topological polar surface area (TPSA) is 35.2 Å². The van der Waals surface area contributed by atoms with Gasteiger partial charge in [0.1, 0.15) is 5.75 Å². The van der Waals surface area contributed by atoms with E-state index in [1.807, 2.05) is 39.8 Å². The number of hydrogen-bond acceptors (Lipinski definition) is 2.